The first-order valence-electron chi connectivity index (χ1n) is 8.31. The molecule has 2 aliphatic rings. The number of morpholine rings is 1. The van der Waals surface area contributed by atoms with E-state index in [1.165, 1.54) is 6.07 Å². The molecule has 5 nitrogen and oxygen atoms in total. The maximum atomic E-state index is 12.7. The van der Waals surface area contributed by atoms with Crippen molar-refractivity contribution in [1.82, 2.24) is 15.3 Å². The fourth-order valence-corrected chi connectivity index (χ4v) is 3.43. The van der Waals surface area contributed by atoms with Gasteiger partial charge in [0.05, 0.1) is 12.2 Å². The van der Waals surface area contributed by atoms with Crippen LogP contribution in [0.25, 0.3) is 0 Å². The summed E-state index contributed by atoms with van der Waals surface area (Å²) in [6.07, 6.45) is -2.48. The van der Waals surface area contributed by atoms with Gasteiger partial charge in [-0.25, -0.2) is 9.97 Å². The normalized spacial score (nSPS) is 24.8. The van der Waals surface area contributed by atoms with Crippen molar-refractivity contribution in [2.75, 3.05) is 6.54 Å². The number of halogens is 3. The zero-order valence-electron chi connectivity index (χ0n) is 13.7. The van der Waals surface area contributed by atoms with Crippen LogP contribution in [0.4, 0.5) is 13.2 Å². The second-order valence-corrected chi connectivity index (χ2v) is 6.53. The fraction of sp³-hybridized carbons (Fsp3) is 0.389. The van der Waals surface area contributed by atoms with Crippen molar-refractivity contribution in [3.05, 3.63) is 59.2 Å². The molecule has 26 heavy (non-hydrogen) atoms. The van der Waals surface area contributed by atoms with Gasteiger partial charge < -0.3 is 10.1 Å². The molecule has 136 valence electrons. The van der Waals surface area contributed by atoms with Gasteiger partial charge >= 0.3 is 6.18 Å². The second-order valence-electron chi connectivity index (χ2n) is 6.53. The third-order valence-corrected chi connectivity index (χ3v) is 4.70. The topological polar surface area (TPSA) is 64.1 Å². The highest BCUT2D eigenvalue weighted by molar-refractivity contribution is 5.95. The van der Waals surface area contributed by atoms with E-state index in [9.17, 15) is 18.0 Å². The number of nitrogens with one attached hydrogen (secondary N) is 1. The first kappa shape index (κ1) is 17.1. The summed E-state index contributed by atoms with van der Waals surface area (Å²) in [7, 11) is 0. The van der Waals surface area contributed by atoms with Crippen LogP contribution in [0.5, 0.6) is 0 Å². The largest absolute Gasteiger partial charge is 0.451 e. The average Bonchev–Trinajstić information content (AvgIpc) is 3.25. The molecule has 0 spiro atoms. The Morgan fingerprint density at radius 1 is 1.23 bits per heavy atom. The van der Waals surface area contributed by atoms with Gasteiger partial charge in [0.25, 0.3) is 0 Å². The first-order chi connectivity index (χ1) is 12.4. The summed E-state index contributed by atoms with van der Waals surface area (Å²) >= 11 is 0. The molecule has 0 radical (unpaired) electrons. The van der Waals surface area contributed by atoms with Crippen LogP contribution < -0.4 is 5.32 Å². The van der Waals surface area contributed by atoms with Crippen molar-refractivity contribution >= 4 is 5.78 Å². The van der Waals surface area contributed by atoms with Crippen LogP contribution in [0.1, 0.15) is 40.0 Å². The second kappa shape index (κ2) is 6.44. The summed E-state index contributed by atoms with van der Waals surface area (Å²) in [5, 5.41) is 3.41. The number of alkyl halides is 3. The summed E-state index contributed by atoms with van der Waals surface area (Å²) < 4.78 is 43.9. The standard InChI is InChI=1S/C18H16F3N3O2/c19-18(20,21)17-22-6-5-13(24-17)15(25)7-10-1-3-11(4-2-10)16-14-8-12(26-16)9-23-14/h1-6,12,14,16,23H,7-9H2/t12-,14-,16+/m1/s1. The fourth-order valence-electron chi connectivity index (χ4n) is 3.43. The molecule has 1 aromatic carbocycles. The predicted octanol–water partition coefficient (Wildman–Crippen LogP) is 2.72. The monoisotopic (exact) mass is 363 g/mol. The number of hydrogen-bond donors (Lipinski definition) is 1. The van der Waals surface area contributed by atoms with Crippen molar-refractivity contribution < 1.29 is 22.7 Å². The average molecular weight is 363 g/mol. The predicted molar refractivity (Wildman–Crippen MR) is 85.5 cm³/mol. The van der Waals surface area contributed by atoms with Gasteiger partial charge in [-0.3, -0.25) is 4.79 Å². The van der Waals surface area contributed by atoms with Crippen LogP contribution in [-0.2, 0) is 17.3 Å². The minimum atomic E-state index is -4.67. The van der Waals surface area contributed by atoms with Crippen LogP contribution in [0, 0.1) is 0 Å². The molecule has 0 aliphatic carbocycles. The van der Waals surface area contributed by atoms with Crippen LogP contribution >= 0.6 is 0 Å². The third-order valence-electron chi connectivity index (χ3n) is 4.70. The minimum Gasteiger partial charge on any atom is -0.367 e. The molecular weight excluding hydrogens is 347 g/mol. The zero-order valence-corrected chi connectivity index (χ0v) is 13.7. The lowest BCUT2D eigenvalue weighted by Crippen LogP contribution is -2.33. The van der Waals surface area contributed by atoms with E-state index in [1.807, 2.05) is 12.1 Å². The molecule has 1 N–H and O–H groups in total. The summed E-state index contributed by atoms with van der Waals surface area (Å²) in [6.45, 7) is 0.882. The highest BCUT2D eigenvalue weighted by Crippen LogP contribution is 2.36. The molecule has 3 atom stereocenters. The van der Waals surface area contributed by atoms with Crippen molar-refractivity contribution in [3.8, 4) is 0 Å². The number of nitrogens with zero attached hydrogens (tertiary/aromatic N) is 2. The summed E-state index contributed by atoms with van der Waals surface area (Å²) in [5.74, 6) is -1.79. The van der Waals surface area contributed by atoms with Gasteiger partial charge in [0, 0.05) is 25.2 Å². The Labute approximate surface area is 147 Å². The molecule has 3 heterocycles. The molecule has 2 bridgehead atoms. The van der Waals surface area contributed by atoms with E-state index in [-0.39, 0.29) is 24.3 Å². The van der Waals surface area contributed by atoms with Crippen molar-refractivity contribution in [2.45, 2.75) is 37.3 Å². The minimum absolute atomic E-state index is 0.00899. The summed E-state index contributed by atoms with van der Waals surface area (Å²) in [6, 6.07) is 8.91. The number of ether oxygens (including phenoxy) is 1. The van der Waals surface area contributed by atoms with Gasteiger partial charge in [-0.05, 0) is 23.6 Å². The number of Topliss-reactive ketones (excluding diaryl/α,β-unsaturated/α-hetero) is 1. The van der Waals surface area contributed by atoms with Crippen LogP contribution in [0.15, 0.2) is 36.5 Å². The van der Waals surface area contributed by atoms with E-state index in [4.69, 9.17) is 4.74 Å². The molecule has 0 unspecified atom stereocenters. The Balaban J connectivity index is 1.45. The van der Waals surface area contributed by atoms with Crippen LogP contribution in [-0.4, -0.2) is 34.4 Å². The molecule has 2 saturated heterocycles. The smallest absolute Gasteiger partial charge is 0.367 e. The summed E-state index contributed by atoms with van der Waals surface area (Å²) in [4.78, 5) is 18.7. The Kier molecular flexibility index (Phi) is 4.24. The lowest BCUT2D eigenvalue weighted by Gasteiger charge is -2.23. The molecular formula is C18H16F3N3O2. The Morgan fingerprint density at radius 2 is 2.00 bits per heavy atom. The van der Waals surface area contributed by atoms with E-state index >= 15 is 0 Å². The lowest BCUT2D eigenvalue weighted by molar-refractivity contribution is -0.145. The van der Waals surface area contributed by atoms with Crippen molar-refractivity contribution in [3.63, 3.8) is 0 Å². The molecule has 2 fully saturated rings. The molecule has 1 aromatic heterocycles. The van der Waals surface area contributed by atoms with Crippen molar-refractivity contribution in [1.29, 1.82) is 0 Å². The highest BCUT2D eigenvalue weighted by Gasteiger charge is 2.41. The number of ketones is 1. The number of benzene rings is 1. The van der Waals surface area contributed by atoms with E-state index in [1.54, 1.807) is 12.1 Å². The molecule has 0 amide bonds. The molecule has 4 rings (SSSR count). The number of fused-ring (bicyclic) bond motifs is 2. The number of aromatic nitrogens is 2. The Hall–Kier alpha value is -2.32. The maximum absolute atomic E-state index is 12.7. The number of rotatable bonds is 4. The maximum Gasteiger partial charge on any atom is 0.451 e. The molecule has 0 saturated carbocycles. The first-order valence-corrected chi connectivity index (χ1v) is 8.31. The van der Waals surface area contributed by atoms with E-state index in [0.29, 0.717) is 11.6 Å². The Bertz CT molecular complexity index is 823. The van der Waals surface area contributed by atoms with E-state index < -0.39 is 17.8 Å². The third kappa shape index (κ3) is 3.34. The van der Waals surface area contributed by atoms with Crippen LogP contribution in [0.2, 0.25) is 0 Å². The number of carbonyl (C=O) groups excluding carboxylic acids is 1. The van der Waals surface area contributed by atoms with Gasteiger partial charge in [0.15, 0.2) is 5.78 Å². The van der Waals surface area contributed by atoms with Gasteiger partial charge in [-0.1, -0.05) is 24.3 Å². The molecule has 2 aromatic rings. The SMILES string of the molecule is O=C(Cc1ccc([C@@H]2O[C@H]3CN[C@@H]2C3)cc1)c1ccnc(C(F)(F)F)n1. The van der Waals surface area contributed by atoms with E-state index in [0.717, 1.165) is 24.7 Å². The Morgan fingerprint density at radius 3 is 2.62 bits per heavy atom. The summed E-state index contributed by atoms with van der Waals surface area (Å²) in [5.41, 5.74) is 1.50. The van der Waals surface area contributed by atoms with Gasteiger partial charge in [-0.2, -0.15) is 13.2 Å². The van der Waals surface area contributed by atoms with Crippen molar-refractivity contribution in [2.24, 2.45) is 0 Å². The molecule has 8 heteroatoms. The van der Waals surface area contributed by atoms with Crippen LogP contribution in [0.3, 0.4) is 0 Å². The van der Waals surface area contributed by atoms with Gasteiger partial charge in [0.2, 0.25) is 5.82 Å². The molecule has 2 aliphatic heterocycles. The van der Waals surface area contributed by atoms with Gasteiger partial charge in [-0.15, -0.1) is 0 Å². The quantitative estimate of drug-likeness (QED) is 0.847. The number of hydrogen-bond acceptors (Lipinski definition) is 5. The van der Waals surface area contributed by atoms with Gasteiger partial charge in [0.1, 0.15) is 5.69 Å². The zero-order chi connectivity index (χ0) is 18.3. The number of carbonyl (C=O) groups is 1. The lowest BCUT2D eigenvalue weighted by atomic mass is 9.99. The highest BCUT2D eigenvalue weighted by atomic mass is 19.4. The van der Waals surface area contributed by atoms with E-state index in [2.05, 4.69) is 15.3 Å².